The SMILES string of the molecule is O=C(Cc1ccccc1C(F)(F)F)N1c2ccccc2CCC1CN1CCN(c2cccc3[nH]ccc23)CC1. The van der Waals surface area contributed by atoms with Crippen LogP contribution in [0.3, 0.4) is 0 Å². The maximum absolute atomic E-state index is 13.7. The molecule has 1 aromatic heterocycles. The van der Waals surface area contributed by atoms with E-state index in [9.17, 15) is 18.0 Å². The molecular formula is C31H31F3N4O. The molecule has 1 fully saturated rings. The van der Waals surface area contributed by atoms with Crippen molar-refractivity contribution >= 4 is 28.2 Å². The number of fused-ring (bicyclic) bond motifs is 2. The number of hydrogen-bond acceptors (Lipinski definition) is 3. The van der Waals surface area contributed by atoms with Crippen molar-refractivity contribution in [1.82, 2.24) is 9.88 Å². The molecule has 5 nitrogen and oxygen atoms in total. The number of piperazine rings is 1. The Balaban J connectivity index is 1.19. The van der Waals surface area contributed by atoms with E-state index < -0.39 is 11.7 Å². The molecule has 3 heterocycles. The van der Waals surface area contributed by atoms with E-state index in [1.165, 1.54) is 23.2 Å². The first kappa shape index (κ1) is 25.5. The molecular weight excluding hydrogens is 501 g/mol. The number of para-hydroxylation sites is 1. The number of nitrogens with zero attached hydrogens (tertiary/aromatic N) is 3. The number of H-pyrrole nitrogens is 1. The summed E-state index contributed by atoms with van der Waals surface area (Å²) in [5, 5.41) is 1.21. The van der Waals surface area contributed by atoms with Crippen LogP contribution in [0, 0.1) is 0 Å². The van der Waals surface area contributed by atoms with Crippen molar-refractivity contribution in [2.75, 3.05) is 42.5 Å². The highest BCUT2D eigenvalue weighted by Gasteiger charge is 2.36. The number of alkyl halides is 3. The van der Waals surface area contributed by atoms with Gasteiger partial charge >= 0.3 is 6.18 Å². The van der Waals surface area contributed by atoms with Crippen molar-refractivity contribution in [2.45, 2.75) is 31.5 Å². The van der Waals surface area contributed by atoms with Gasteiger partial charge in [-0.3, -0.25) is 9.69 Å². The molecule has 6 rings (SSSR count). The van der Waals surface area contributed by atoms with Crippen molar-refractivity contribution in [3.8, 4) is 0 Å². The second-order valence-electron chi connectivity index (χ2n) is 10.4. The Morgan fingerprint density at radius 2 is 1.62 bits per heavy atom. The zero-order chi connectivity index (χ0) is 27.0. The van der Waals surface area contributed by atoms with E-state index in [1.807, 2.05) is 30.5 Å². The number of rotatable bonds is 5. The summed E-state index contributed by atoms with van der Waals surface area (Å²) in [7, 11) is 0. The summed E-state index contributed by atoms with van der Waals surface area (Å²) in [4.78, 5) is 23.6. The van der Waals surface area contributed by atoms with E-state index in [2.05, 4.69) is 39.0 Å². The number of carbonyl (C=O) groups excluding carboxylic acids is 1. The first-order valence-corrected chi connectivity index (χ1v) is 13.5. The van der Waals surface area contributed by atoms with Gasteiger partial charge < -0.3 is 14.8 Å². The molecule has 2 aliphatic rings. The normalized spacial score (nSPS) is 18.4. The summed E-state index contributed by atoms with van der Waals surface area (Å²) in [5.41, 5.74) is 3.51. The van der Waals surface area contributed by atoms with Crippen LogP contribution in [0.15, 0.2) is 79.0 Å². The molecule has 1 amide bonds. The van der Waals surface area contributed by atoms with Gasteiger partial charge in [-0.1, -0.05) is 42.5 Å². The average Bonchev–Trinajstić information content (AvgIpc) is 3.42. The highest BCUT2D eigenvalue weighted by Crippen LogP contribution is 2.35. The van der Waals surface area contributed by atoms with E-state index in [0.29, 0.717) is 6.54 Å². The van der Waals surface area contributed by atoms with Crippen LogP contribution in [-0.2, 0) is 23.8 Å². The zero-order valence-electron chi connectivity index (χ0n) is 21.6. The van der Waals surface area contributed by atoms with Gasteiger partial charge in [-0.05, 0) is 54.3 Å². The number of carbonyl (C=O) groups is 1. The molecule has 1 N–H and O–H groups in total. The van der Waals surface area contributed by atoms with E-state index in [0.717, 1.165) is 61.9 Å². The summed E-state index contributed by atoms with van der Waals surface area (Å²) in [5.74, 6) is -0.290. The van der Waals surface area contributed by atoms with Crippen molar-refractivity contribution in [3.63, 3.8) is 0 Å². The molecule has 1 unspecified atom stereocenters. The van der Waals surface area contributed by atoms with Gasteiger partial charge in [-0.25, -0.2) is 0 Å². The van der Waals surface area contributed by atoms with Crippen LogP contribution in [0.2, 0.25) is 0 Å². The molecule has 1 saturated heterocycles. The Bertz CT molecular complexity index is 1470. The summed E-state index contributed by atoms with van der Waals surface area (Å²) >= 11 is 0. The van der Waals surface area contributed by atoms with Gasteiger partial charge in [-0.2, -0.15) is 13.2 Å². The fraction of sp³-hybridized carbons (Fsp3) is 0.323. The summed E-state index contributed by atoms with van der Waals surface area (Å²) in [6.07, 6.45) is -1.19. The molecule has 202 valence electrons. The number of hydrogen-bond donors (Lipinski definition) is 1. The minimum absolute atomic E-state index is 0.0179. The number of anilines is 2. The fourth-order valence-electron chi connectivity index (χ4n) is 6.13. The van der Waals surface area contributed by atoms with Crippen LogP contribution in [0.25, 0.3) is 10.9 Å². The van der Waals surface area contributed by atoms with Gasteiger partial charge in [0.2, 0.25) is 5.91 Å². The molecule has 0 bridgehead atoms. The quantitative estimate of drug-likeness (QED) is 0.348. The van der Waals surface area contributed by atoms with Crippen LogP contribution < -0.4 is 9.80 Å². The Labute approximate surface area is 225 Å². The standard InChI is InChI=1S/C31H31F3N4O/c32-31(33,34)26-8-3-1-7-23(26)20-30(39)38-24(13-12-22-6-2-4-10-28(22)38)21-36-16-18-37(19-17-36)29-11-5-9-27-25(29)14-15-35-27/h1-11,14-15,24,35H,12-13,16-21H2. The van der Waals surface area contributed by atoms with Gasteiger partial charge in [0.1, 0.15) is 0 Å². The maximum Gasteiger partial charge on any atom is 0.416 e. The molecule has 0 spiro atoms. The van der Waals surface area contributed by atoms with E-state index >= 15 is 0 Å². The lowest BCUT2D eigenvalue weighted by molar-refractivity contribution is -0.138. The number of aromatic nitrogens is 1. The number of halogens is 3. The molecule has 0 saturated carbocycles. The molecule has 2 aliphatic heterocycles. The van der Waals surface area contributed by atoms with E-state index in [-0.39, 0.29) is 23.9 Å². The third kappa shape index (κ3) is 5.13. The molecule has 3 aromatic carbocycles. The smallest absolute Gasteiger partial charge is 0.368 e. The van der Waals surface area contributed by atoms with E-state index in [1.54, 1.807) is 11.0 Å². The molecule has 1 atom stereocenters. The Kier molecular flexibility index (Phi) is 6.81. The van der Waals surface area contributed by atoms with Crippen LogP contribution in [0.5, 0.6) is 0 Å². The maximum atomic E-state index is 13.7. The summed E-state index contributed by atoms with van der Waals surface area (Å²) in [6.45, 7) is 4.17. The number of benzene rings is 3. The highest BCUT2D eigenvalue weighted by molar-refractivity contribution is 5.97. The largest absolute Gasteiger partial charge is 0.416 e. The van der Waals surface area contributed by atoms with Crippen molar-refractivity contribution in [1.29, 1.82) is 0 Å². The Hall–Kier alpha value is -3.78. The first-order chi connectivity index (χ1) is 18.9. The number of aryl methyl sites for hydroxylation is 1. The molecule has 39 heavy (non-hydrogen) atoms. The van der Waals surface area contributed by atoms with Gasteiger partial charge in [0.25, 0.3) is 0 Å². The zero-order valence-corrected chi connectivity index (χ0v) is 21.6. The van der Waals surface area contributed by atoms with Crippen LogP contribution in [-0.4, -0.2) is 54.6 Å². The van der Waals surface area contributed by atoms with Gasteiger partial charge in [0.15, 0.2) is 0 Å². The third-order valence-corrected chi connectivity index (χ3v) is 8.05. The fourth-order valence-corrected chi connectivity index (χ4v) is 6.13. The van der Waals surface area contributed by atoms with Crippen LogP contribution >= 0.6 is 0 Å². The van der Waals surface area contributed by atoms with Crippen molar-refractivity contribution in [2.24, 2.45) is 0 Å². The predicted molar refractivity (Wildman–Crippen MR) is 148 cm³/mol. The van der Waals surface area contributed by atoms with Gasteiger partial charge in [0, 0.05) is 67.2 Å². The minimum Gasteiger partial charge on any atom is -0.368 e. The van der Waals surface area contributed by atoms with E-state index in [4.69, 9.17) is 0 Å². The first-order valence-electron chi connectivity index (χ1n) is 13.5. The summed E-state index contributed by atoms with van der Waals surface area (Å²) < 4.78 is 41.0. The van der Waals surface area contributed by atoms with Crippen molar-refractivity contribution in [3.05, 3.63) is 95.7 Å². The Morgan fingerprint density at radius 3 is 2.44 bits per heavy atom. The van der Waals surface area contributed by atoms with Crippen LogP contribution in [0.4, 0.5) is 24.5 Å². The molecule has 8 heteroatoms. The molecule has 0 radical (unpaired) electrons. The lowest BCUT2D eigenvalue weighted by atomic mass is 9.93. The number of nitrogens with one attached hydrogen (secondary N) is 1. The third-order valence-electron chi connectivity index (χ3n) is 8.05. The average molecular weight is 533 g/mol. The summed E-state index contributed by atoms with van der Waals surface area (Å²) in [6, 6.07) is 21.5. The lowest BCUT2D eigenvalue weighted by Gasteiger charge is -2.42. The molecule has 0 aliphatic carbocycles. The minimum atomic E-state index is -4.50. The topological polar surface area (TPSA) is 42.6 Å². The van der Waals surface area contributed by atoms with Crippen LogP contribution in [0.1, 0.15) is 23.1 Å². The number of aromatic amines is 1. The molecule has 4 aromatic rings. The lowest BCUT2D eigenvalue weighted by Crippen LogP contribution is -2.54. The van der Waals surface area contributed by atoms with Crippen molar-refractivity contribution < 1.29 is 18.0 Å². The predicted octanol–water partition coefficient (Wildman–Crippen LogP) is 5.90. The van der Waals surface area contributed by atoms with Gasteiger partial charge in [0.05, 0.1) is 12.0 Å². The second-order valence-corrected chi connectivity index (χ2v) is 10.4. The van der Waals surface area contributed by atoms with Gasteiger partial charge in [-0.15, -0.1) is 0 Å². The highest BCUT2D eigenvalue weighted by atomic mass is 19.4. The number of amides is 1. The Morgan fingerprint density at radius 1 is 0.872 bits per heavy atom. The monoisotopic (exact) mass is 532 g/mol. The second kappa shape index (κ2) is 10.4.